The van der Waals surface area contributed by atoms with E-state index in [0.29, 0.717) is 22.1 Å². The largest absolute Gasteiger partial charge is 0.393 e. The Balaban J connectivity index is 2.71. The lowest BCUT2D eigenvalue weighted by Gasteiger charge is -2.23. The Bertz CT molecular complexity index is 716. The van der Waals surface area contributed by atoms with Crippen LogP contribution in [0.2, 0.25) is 0 Å². The van der Waals surface area contributed by atoms with Crippen molar-refractivity contribution < 1.29 is 0 Å². The Morgan fingerprint density at radius 1 is 1.26 bits per heavy atom. The van der Waals surface area contributed by atoms with Crippen LogP contribution in [0.25, 0.3) is 0 Å². The summed E-state index contributed by atoms with van der Waals surface area (Å²) >= 11 is 6.92. The number of aliphatic imine (C=N–C) groups is 1. The van der Waals surface area contributed by atoms with Crippen LogP contribution in [0.3, 0.4) is 0 Å². The molecule has 0 radical (unpaired) electrons. The standard InChI is InChI=1S/C19H35N5OS2/c1-6-8-13(2)15(10-11-20)9-7-12-27-14(3)22-17-16(21)18(26)24(5)19(25)23(17)4/h13,15H,6-12,20-21H2,1-5H3/b22-14+. The first-order chi connectivity index (χ1) is 12.7. The summed E-state index contributed by atoms with van der Waals surface area (Å²) in [6.45, 7) is 7.29. The quantitative estimate of drug-likeness (QED) is 0.262. The van der Waals surface area contributed by atoms with Gasteiger partial charge < -0.3 is 11.5 Å². The van der Waals surface area contributed by atoms with E-state index in [0.717, 1.165) is 36.1 Å². The van der Waals surface area contributed by atoms with E-state index in [-0.39, 0.29) is 5.69 Å². The Hall–Kier alpha value is -1.12. The Labute approximate surface area is 172 Å². The van der Waals surface area contributed by atoms with Gasteiger partial charge in [-0.25, -0.2) is 9.79 Å². The van der Waals surface area contributed by atoms with Crippen molar-refractivity contribution in [2.75, 3.05) is 18.0 Å². The monoisotopic (exact) mass is 413 g/mol. The SMILES string of the molecule is CCCC(C)C(CCN)CCCS/C(C)=N/c1c(N)c(=S)n(C)c(=O)n1C. The van der Waals surface area contributed by atoms with Crippen molar-refractivity contribution in [3.05, 3.63) is 15.1 Å². The number of rotatable bonds is 10. The van der Waals surface area contributed by atoms with Gasteiger partial charge in [-0.05, 0) is 50.3 Å². The van der Waals surface area contributed by atoms with Gasteiger partial charge in [0.1, 0.15) is 10.3 Å². The number of thioether (sulfide) groups is 1. The minimum absolute atomic E-state index is 0.222. The summed E-state index contributed by atoms with van der Waals surface area (Å²) < 4.78 is 3.13. The van der Waals surface area contributed by atoms with Crippen LogP contribution in [0.4, 0.5) is 11.5 Å². The first kappa shape index (κ1) is 23.9. The Kier molecular flexibility index (Phi) is 10.3. The maximum atomic E-state index is 12.2. The second-order valence-electron chi connectivity index (χ2n) is 7.17. The molecule has 2 atom stereocenters. The van der Waals surface area contributed by atoms with E-state index in [2.05, 4.69) is 18.8 Å². The van der Waals surface area contributed by atoms with Crippen LogP contribution in [0.5, 0.6) is 0 Å². The normalized spacial score (nSPS) is 14.4. The molecule has 8 heteroatoms. The van der Waals surface area contributed by atoms with Crippen molar-refractivity contribution in [1.82, 2.24) is 9.13 Å². The fourth-order valence-electron chi connectivity index (χ4n) is 3.36. The predicted molar refractivity (Wildman–Crippen MR) is 122 cm³/mol. The lowest BCUT2D eigenvalue weighted by molar-refractivity contribution is 0.299. The Morgan fingerprint density at radius 3 is 2.52 bits per heavy atom. The lowest BCUT2D eigenvalue weighted by atomic mass is 9.84. The molecule has 1 aromatic rings. The van der Waals surface area contributed by atoms with Crippen molar-refractivity contribution in [2.24, 2.45) is 36.7 Å². The highest BCUT2D eigenvalue weighted by Gasteiger charge is 2.15. The minimum Gasteiger partial charge on any atom is -0.393 e. The van der Waals surface area contributed by atoms with Gasteiger partial charge in [0.05, 0.1) is 5.04 Å². The summed E-state index contributed by atoms with van der Waals surface area (Å²) in [6.07, 6.45) is 5.90. The van der Waals surface area contributed by atoms with E-state index in [9.17, 15) is 4.79 Å². The summed E-state index contributed by atoms with van der Waals surface area (Å²) in [7, 11) is 3.28. The Morgan fingerprint density at radius 2 is 1.93 bits per heavy atom. The molecule has 1 rings (SSSR count). The van der Waals surface area contributed by atoms with E-state index in [1.54, 1.807) is 25.9 Å². The third kappa shape index (κ3) is 6.76. The van der Waals surface area contributed by atoms with Gasteiger partial charge in [-0.15, -0.1) is 11.8 Å². The van der Waals surface area contributed by atoms with E-state index in [1.807, 2.05) is 6.92 Å². The van der Waals surface area contributed by atoms with Gasteiger partial charge in [-0.1, -0.05) is 38.9 Å². The highest BCUT2D eigenvalue weighted by molar-refractivity contribution is 8.13. The third-order valence-corrected chi connectivity index (χ3v) is 6.54. The fourth-order valence-corrected chi connectivity index (χ4v) is 4.29. The number of aromatic nitrogens is 2. The predicted octanol–water partition coefficient (Wildman–Crippen LogP) is 4.00. The number of hydrogen-bond donors (Lipinski definition) is 2. The average molecular weight is 414 g/mol. The van der Waals surface area contributed by atoms with Gasteiger partial charge in [0.2, 0.25) is 0 Å². The zero-order chi connectivity index (χ0) is 20.6. The molecule has 0 aliphatic rings. The zero-order valence-corrected chi connectivity index (χ0v) is 19.0. The molecule has 1 heterocycles. The molecule has 0 fully saturated rings. The molecule has 154 valence electrons. The smallest absolute Gasteiger partial charge is 0.330 e. The maximum Gasteiger partial charge on any atom is 0.330 e. The topological polar surface area (TPSA) is 91.3 Å². The molecule has 0 saturated carbocycles. The first-order valence-electron chi connectivity index (χ1n) is 9.68. The molecule has 0 aromatic carbocycles. The van der Waals surface area contributed by atoms with Crippen molar-refractivity contribution in [1.29, 1.82) is 0 Å². The van der Waals surface area contributed by atoms with Crippen LogP contribution in [0.1, 0.15) is 52.9 Å². The number of hydrogen-bond acceptors (Lipinski definition) is 6. The number of nitrogens with two attached hydrogens (primary N) is 2. The van der Waals surface area contributed by atoms with Gasteiger partial charge in [-0.2, -0.15) is 0 Å². The summed E-state index contributed by atoms with van der Waals surface area (Å²) in [5, 5.41) is 0.886. The summed E-state index contributed by atoms with van der Waals surface area (Å²) in [4.78, 5) is 16.7. The number of nitrogen functional groups attached to an aromatic ring is 1. The summed E-state index contributed by atoms with van der Waals surface area (Å²) in [5.74, 6) is 2.85. The molecule has 1 aromatic heterocycles. The van der Waals surface area contributed by atoms with Gasteiger partial charge in [-0.3, -0.25) is 9.13 Å². The molecule has 0 aliphatic carbocycles. The zero-order valence-electron chi connectivity index (χ0n) is 17.3. The second-order valence-corrected chi connectivity index (χ2v) is 8.84. The molecule has 2 unspecified atom stereocenters. The highest BCUT2D eigenvalue weighted by atomic mass is 32.2. The third-order valence-electron chi connectivity index (χ3n) is 5.05. The second kappa shape index (κ2) is 11.7. The molecule has 4 N–H and O–H groups in total. The van der Waals surface area contributed by atoms with E-state index >= 15 is 0 Å². The van der Waals surface area contributed by atoms with Crippen LogP contribution in [0.15, 0.2) is 9.79 Å². The molecule has 0 saturated heterocycles. The lowest BCUT2D eigenvalue weighted by Crippen LogP contribution is -2.28. The van der Waals surface area contributed by atoms with Crippen LogP contribution in [-0.4, -0.2) is 26.5 Å². The van der Waals surface area contributed by atoms with Crippen LogP contribution in [0, 0.1) is 16.5 Å². The molecular weight excluding hydrogens is 378 g/mol. The van der Waals surface area contributed by atoms with Crippen LogP contribution < -0.4 is 17.2 Å². The summed E-state index contributed by atoms with van der Waals surface area (Å²) in [5.41, 5.74) is 12.0. The average Bonchev–Trinajstić information content (AvgIpc) is 2.64. The molecule has 27 heavy (non-hydrogen) atoms. The van der Waals surface area contributed by atoms with Crippen molar-refractivity contribution in [3.8, 4) is 0 Å². The highest BCUT2D eigenvalue weighted by Crippen LogP contribution is 2.26. The van der Waals surface area contributed by atoms with Gasteiger partial charge in [0, 0.05) is 14.1 Å². The van der Waals surface area contributed by atoms with Gasteiger partial charge in [0.15, 0.2) is 5.82 Å². The van der Waals surface area contributed by atoms with Crippen molar-refractivity contribution in [2.45, 2.75) is 52.9 Å². The number of anilines is 1. The maximum absolute atomic E-state index is 12.2. The van der Waals surface area contributed by atoms with Crippen molar-refractivity contribution in [3.63, 3.8) is 0 Å². The summed E-state index contributed by atoms with van der Waals surface area (Å²) in [6, 6.07) is 0. The van der Waals surface area contributed by atoms with E-state index in [1.165, 1.54) is 28.4 Å². The van der Waals surface area contributed by atoms with Gasteiger partial charge >= 0.3 is 5.69 Å². The van der Waals surface area contributed by atoms with Crippen LogP contribution >= 0.6 is 24.0 Å². The molecule has 0 bridgehead atoms. The van der Waals surface area contributed by atoms with Gasteiger partial charge in [0.25, 0.3) is 0 Å². The number of nitrogens with zero attached hydrogens (tertiary/aromatic N) is 3. The molecule has 0 spiro atoms. The van der Waals surface area contributed by atoms with E-state index in [4.69, 9.17) is 23.7 Å². The first-order valence-corrected chi connectivity index (χ1v) is 11.1. The molecular formula is C19H35N5OS2. The van der Waals surface area contributed by atoms with Crippen molar-refractivity contribution >= 4 is 40.5 Å². The van der Waals surface area contributed by atoms with E-state index < -0.39 is 0 Å². The fraction of sp³-hybridized carbons (Fsp3) is 0.737. The molecule has 0 aliphatic heterocycles. The minimum atomic E-state index is -0.222. The molecule has 6 nitrogen and oxygen atoms in total. The van der Waals surface area contributed by atoms with Crippen LogP contribution in [-0.2, 0) is 14.1 Å². The molecule has 0 amide bonds.